The van der Waals surface area contributed by atoms with Gasteiger partial charge in [0.1, 0.15) is 23.0 Å². The molecule has 1 aliphatic rings. The smallest absolute Gasteiger partial charge is 0.291 e. The van der Waals surface area contributed by atoms with Crippen molar-refractivity contribution in [3.63, 3.8) is 0 Å². The van der Waals surface area contributed by atoms with E-state index in [1.807, 2.05) is 6.33 Å². The molecule has 0 atom stereocenters. The molecule has 182 valence electrons. The lowest BCUT2D eigenvalue weighted by Crippen LogP contribution is -2.12. The van der Waals surface area contributed by atoms with Gasteiger partial charge in [0.2, 0.25) is 0 Å². The number of halogens is 1. The maximum absolute atomic E-state index is 13.5. The van der Waals surface area contributed by atoms with Crippen LogP contribution >= 0.6 is 0 Å². The Balaban J connectivity index is 0.00000304. The van der Waals surface area contributed by atoms with Crippen LogP contribution in [0.5, 0.6) is 11.5 Å². The summed E-state index contributed by atoms with van der Waals surface area (Å²) in [5.74, 6) is 1.04. The molecule has 0 unspecified atom stereocenters. The lowest BCUT2D eigenvalue weighted by Gasteiger charge is -2.15. The Morgan fingerprint density at radius 1 is 1.09 bits per heavy atom. The number of amides is 1. The van der Waals surface area contributed by atoms with Crippen LogP contribution in [0.4, 0.5) is 10.1 Å². The second-order valence-corrected chi connectivity index (χ2v) is 8.48. The predicted molar refractivity (Wildman–Crippen MR) is 132 cm³/mol. The van der Waals surface area contributed by atoms with Gasteiger partial charge >= 0.3 is 0 Å². The lowest BCUT2D eigenvalue weighted by molar-refractivity contribution is 0.0997. The molecule has 0 spiro atoms. The van der Waals surface area contributed by atoms with E-state index in [0.29, 0.717) is 34.7 Å². The highest BCUT2D eigenvalue weighted by Crippen LogP contribution is 2.39. The highest BCUT2D eigenvalue weighted by atomic mass is 19.1. The number of anilines is 1. The molecule has 7 nitrogen and oxygen atoms in total. The second kappa shape index (κ2) is 9.66. The van der Waals surface area contributed by atoms with E-state index >= 15 is 0 Å². The van der Waals surface area contributed by atoms with Gasteiger partial charge in [0.15, 0.2) is 11.5 Å². The molecule has 2 aromatic heterocycles. The second-order valence-electron chi connectivity index (χ2n) is 8.48. The number of nitrogens with one attached hydrogen (secondary N) is 1. The Bertz CT molecular complexity index is 1340. The van der Waals surface area contributed by atoms with Gasteiger partial charge in [0.25, 0.3) is 5.91 Å². The van der Waals surface area contributed by atoms with Gasteiger partial charge in [-0.2, -0.15) is 0 Å². The number of hydrogen-bond donors (Lipinski definition) is 1. The topological polar surface area (TPSA) is 78.5 Å². The van der Waals surface area contributed by atoms with Crippen LogP contribution in [-0.4, -0.2) is 29.7 Å². The third-order valence-electron chi connectivity index (χ3n) is 6.35. The highest BCUT2D eigenvalue weighted by molar-refractivity contribution is 6.03. The van der Waals surface area contributed by atoms with Crippen LogP contribution in [0.1, 0.15) is 43.7 Å². The van der Waals surface area contributed by atoms with Crippen molar-refractivity contribution < 1.29 is 24.5 Å². The van der Waals surface area contributed by atoms with E-state index in [1.165, 1.54) is 19.2 Å². The van der Waals surface area contributed by atoms with Crippen LogP contribution in [0, 0.1) is 5.82 Å². The number of hydrogen-bond acceptors (Lipinski definition) is 5. The van der Waals surface area contributed by atoms with E-state index in [4.69, 9.17) is 13.9 Å². The van der Waals surface area contributed by atoms with Crippen molar-refractivity contribution in [3.05, 3.63) is 72.5 Å². The number of methoxy groups -OCH3 is 2. The third kappa shape index (κ3) is 4.51. The SMILES string of the molecule is COc1ccc(OC)c(NC(=O)c2ccc(-c3c(-c4ccc(F)cc4)ncn3C3CCCC3)o2)c1.[HH]. The van der Waals surface area contributed by atoms with Gasteiger partial charge in [-0.3, -0.25) is 4.79 Å². The molecule has 1 aliphatic carbocycles. The molecule has 5 rings (SSSR count). The first-order valence-corrected chi connectivity index (χ1v) is 11.5. The Morgan fingerprint density at radius 2 is 1.86 bits per heavy atom. The zero-order valence-electron chi connectivity index (χ0n) is 19.6. The summed E-state index contributed by atoms with van der Waals surface area (Å²) in [6.45, 7) is 0. The van der Waals surface area contributed by atoms with Gasteiger partial charge in [0, 0.05) is 19.1 Å². The summed E-state index contributed by atoms with van der Waals surface area (Å²) in [4.78, 5) is 17.7. The number of aromatic nitrogens is 2. The Morgan fingerprint density at radius 3 is 2.57 bits per heavy atom. The first kappa shape index (κ1) is 22.7. The van der Waals surface area contributed by atoms with Crippen LogP contribution in [0.3, 0.4) is 0 Å². The molecule has 35 heavy (non-hydrogen) atoms. The summed E-state index contributed by atoms with van der Waals surface area (Å²) in [5, 5.41) is 2.83. The number of ether oxygens (including phenoxy) is 2. The van der Waals surface area contributed by atoms with E-state index in [9.17, 15) is 9.18 Å². The van der Waals surface area contributed by atoms with Gasteiger partial charge in [-0.25, -0.2) is 9.37 Å². The normalized spacial score (nSPS) is 13.7. The largest absolute Gasteiger partial charge is 0.497 e. The molecule has 1 N–H and O–H groups in total. The molecule has 0 saturated heterocycles. The molecule has 8 heteroatoms. The number of nitrogens with zero attached hydrogens (tertiary/aromatic N) is 2. The van der Waals surface area contributed by atoms with Gasteiger partial charge < -0.3 is 23.8 Å². The fourth-order valence-corrected chi connectivity index (χ4v) is 4.57. The van der Waals surface area contributed by atoms with Crippen molar-refractivity contribution in [3.8, 4) is 34.2 Å². The van der Waals surface area contributed by atoms with Crippen LogP contribution < -0.4 is 14.8 Å². The quantitative estimate of drug-likeness (QED) is 0.325. The first-order valence-electron chi connectivity index (χ1n) is 11.5. The number of benzene rings is 2. The summed E-state index contributed by atoms with van der Waals surface area (Å²) in [5.41, 5.74) is 2.72. The minimum Gasteiger partial charge on any atom is -0.497 e. The molecule has 1 fully saturated rings. The summed E-state index contributed by atoms with van der Waals surface area (Å²) >= 11 is 0. The van der Waals surface area contributed by atoms with E-state index in [0.717, 1.165) is 36.9 Å². The Kier molecular flexibility index (Phi) is 6.27. The lowest BCUT2D eigenvalue weighted by atomic mass is 10.1. The summed E-state index contributed by atoms with van der Waals surface area (Å²) in [6, 6.07) is 15.1. The number of furan rings is 1. The van der Waals surface area contributed by atoms with Crippen molar-refractivity contribution in [2.75, 3.05) is 19.5 Å². The summed E-state index contributed by atoms with van der Waals surface area (Å²) in [6.07, 6.45) is 6.23. The van der Waals surface area contributed by atoms with E-state index in [2.05, 4.69) is 14.9 Å². The molecule has 2 aromatic carbocycles. The van der Waals surface area contributed by atoms with Gasteiger partial charge in [0.05, 0.1) is 31.9 Å². The molecule has 0 bridgehead atoms. The monoisotopic (exact) mass is 477 g/mol. The molecule has 4 aromatic rings. The molecule has 1 amide bonds. The van der Waals surface area contributed by atoms with E-state index in [-0.39, 0.29) is 13.0 Å². The third-order valence-corrected chi connectivity index (χ3v) is 6.35. The minimum atomic E-state index is -0.418. The van der Waals surface area contributed by atoms with Gasteiger partial charge in [-0.05, 0) is 61.4 Å². The molecule has 2 heterocycles. The molecular weight excluding hydrogens is 449 g/mol. The van der Waals surface area contributed by atoms with Crippen LogP contribution in [0.25, 0.3) is 22.7 Å². The van der Waals surface area contributed by atoms with E-state index < -0.39 is 5.91 Å². The zero-order chi connectivity index (χ0) is 24.4. The van der Waals surface area contributed by atoms with Crippen LogP contribution in [0.2, 0.25) is 0 Å². The van der Waals surface area contributed by atoms with Crippen molar-refractivity contribution in [1.29, 1.82) is 0 Å². The van der Waals surface area contributed by atoms with Crippen molar-refractivity contribution in [1.82, 2.24) is 9.55 Å². The van der Waals surface area contributed by atoms with Crippen molar-refractivity contribution in [2.24, 2.45) is 0 Å². The molecule has 0 aliphatic heterocycles. The number of carbonyl (C=O) groups excluding carboxylic acids is 1. The van der Waals surface area contributed by atoms with Crippen molar-refractivity contribution in [2.45, 2.75) is 31.7 Å². The first-order chi connectivity index (χ1) is 17.1. The fourth-order valence-electron chi connectivity index (χ4n) is 4.57. The maximum atomic E-state index is 13.5. The molecule has 1 saturated carbocycles. The summed E-state index contributed by atoms with van der Waals surface area (Å²) in [7, 11) is 3.09. The van der Waals surface area contributed by atoms with E-state index in [1.54, 1.807) is 49.6 Å². The maximum Gasteiger partial charge on any atom is 0.291 e. The average Bonchev–Trinajstić information content (AvgIpc) is 3.64. The number of rotatable bonds is 7. The Labute approximate surface area is 204 Å². The summed E-state index contributed by atoms with van der Waals surface area (Å²) < 4.78 is 32.3. The van der Waals surface area contributed by atoms with Gasteiger partial charge in [-0.15, -0.1) is 0 Å². The predicted octanol–water partition coefficient (Wildman–Crippen LogP) is 6.58. The molecule has 0 radical (unpaired) electrons. The Hall–Kier alpha value is -4.07. The minimum absolute atomic E-state index is 0. The number of imidazole rings is 1. The average molecular weight is 478 g/mol. The van der Waals surface area contributed by atoms with Crippen molar-refractivity contribution >= 4 is 11.6 Å². The van der Waals surface area contributed by atoms with Crippen LogP contribution in [0.15, 0.2) is 65.3 Å². The zero-order valence-corrected chi connectivity index (χ0v) is 19.6. The van der Waals surface area contributed by atoms with Crippen LogP contribution in [-0.2, 0) is 0 Å². The molecular formula is C27H28FN3O4. The standard InChI is InChI=1S/C27H26FN3O4.H2/c1-33-20-11-12-22(34-2)21(15-20)30-27(32)24-14-13-23(35-24)26-25(17-7-9-18(28)10-8-17)29-16-31(26)19-5-3-4-6-19;/h7-16,19H,3-6H2,1-2H3,(H,30,32);1H. The number of carbonyl (C=O) groups is 1. The highest BCUT2D eigenvalue weighted by Gasteiger charge is 2.26. The van der Waals surface area contributed by atoms with Gasteiger partial charge in [-0.1, -0.05) is 12.8 Å². The fraction of sp³-hybridized carbons (Fsp3) is 0.259.